The average Bonchev–Trinajstić information content (AvgIpc) is 3.09. The third kappa shape index (κ3) is 2.87. The zero-order valence-electron chi connectivity index (χ0n) is 14.1. The number of hydrogen-bond acceptors (Lipinski definition) is 5. The lowest BCUT2D eigenvalue weighted by molar-refractivity contribution is -0.116. The van der Waals surface area contributed by atoms with Gasteiger partial charge >= 0.3 is 0 Å². The molecule has 0 aliphatic carbocycles. The Hall–Kier alpha value is -2.06. The van der Waals surface area contributed by atoms with Gasteiger partial charge in [0.25, 0.3) is 0 Å². The van der Waals surface area contributed by atoms with Crippen LogP contribution in [0.3, 0.4) is 0 Å². The third-order valence-electron chi connectivity index (χ3n) is 5.06. The van der Waals surface area contributed by atoms with E-state index in [0.717, 1.165) is 16.8 Å². The molecule has 1 aromatic heterocycles. The zero-order valence-corrected chi connectivity index (χ0v) is 15.6. The van der Waals surface area contributed by atoms with E-state index in [1.54, 1.807) is 16.8 Å². The lowest BCUT2D eigenvalue weighted by Crippen LogP contribution is -2.26. The van der Waals surface area contributed by atoms with E-state index in [0.29, 0.717) is 12.2 Å². The maximum atomic E-state index is 12.3. The molecule has 1 fully saturated rings. The first kappa shape index (κ1) is 17.4. The highest BCUT2D eigenvalue weighted by molar-refractivity contribution is 7.91. The quantitative estimate of drug-likeness (QED) is 0.812. The summed E-state index contributed by atoms with van der Waals surface area (Å²) >= 11 is 6.04. The molecule has 2 N–H and O–H groups in total. The number of anilines is 1. The Labute approximate surface area is 155 Å². The molecule has 138 valence electrons. The van der Waals surface area contributed by atoms with E-state index in [-0.39, 0.29) is 46.6 Å². The fourth-order valence-electron chi connectivity index (χ4n) is 3.83. The average molecular weight is 396 g/mol. The van der Waals surface area contributed by atoms with Gasteiger partial charge in [-0.3, -0.25) is 4.79 Å². The van der Waals surface area contributed by atoms with Crippen LogP contribution >= 0.6 is 11.6 Å². The number of sulfone groups is 1. The number of fused-ring (bicyclic) bond motifs is 1. The molecule has 3 heterocycles. The van der Waals surface area contributed by atoms with Crippen LogP contribution in [0, 0.1) is 6.92 Å². The Kier molecular flexibility index (Phi) is 4.00. The Bertz CT molecular complexity index is 1020. The van der Waals surface area contributed by atoms with Crippen molar-refractivity contribution >= 4 is 33.2 Å². The molecule has 0 unspecified atom stereocenters. The number of aromatic nitrogens is 2. The summed E-state index contributed by atoms with van der Waals surface area (Å²) in [6.45, 7) is 1.85. The van der Waals surface area contributed by atoms with Crippen LogP contribution in [-0.2, 0) is 14.6 Å². The molecule has 2 aliphatic heterocycles. The van der Waals surface area contributed by atoms with Crippen LogP contribution in [0.4, 0.5) is 5.82 Å². The standard InChI is InChI=1S/C17H18ClN3O4S/c1-9-16-12(10-2-3-14(22)13(18)6-10)7-15(23)19-17(16)21(20-9)11-4-5-26(24,25)8-11/h2-3,6,11-12,22H,4-5,7-8H2,1H3,(H,19,23)/t11-,12-/m0/s1. The Morgan fingerprint density at radius 1 is 1.38 bits per heavy atom. The van der Waals surface area contributed by atoms with E-state index < -0.39 is 9.84 Å². The monoisotopic (exact) mass is 395 g/mol. The number of nitrogens with zero attached hydrogens (tertiary/aromatic N) is 2. The molecule has 2 atom stereocenters. The van der Waals surface area contributed by atoms with Crippen LogP contribution in [0.2, 0.25) is 5.02 Å². The number of halogens is 1. The predicted octanol–water partition coefficient (Wildman–Crippen LogP) is 2.38. The van der Waals surface area contributed by atoms with Gasteiger partial charge in [0.05, 0.1) is 28.3 Å². The smallest absolute Gasteiger partial charge is 0.226 e. The molecule has 9 heteroatoms. The van der Waals surface area contributed by atoms with Crippen molar-refractivity contribution in [1.29, 1.82) is 0 Å². The highest BCUT2D eigenvalue weighted by Gasteiger charge is 2.37. The van der Waals surface area contributed by atoms with Crippen molar-refractivity contribution in [3.63, 3.8) is 0 Å². The molecule has 0 saturated carbocycles. The van der Waals surface area contributed by atoms with Crippen molar-refractivity contribution < 1.29 is 18.3 Å². The molecule has 2 aromatic rings. The fourth-order valence-corrected chi connectivity index (χ4v) is 5.71. The zero-order chi connectivity index (χ0) is 18.6. The van der Waals surface area contributed by atoms with E-state index in [4.69, 9.17) is 11.6 Å². The number of carbonyl (C=O) groups excluding carboxylic acids is 1. The van der Waals surface area contributed by atoms with Gasteiger partial charge in [-0.05, 0) is 31.0 Å². The van der Waals surface area contributed by atoms with Crippen LogP contribution in [0.15, 0.2) is 18.2 Å². The van der Waals surface area contributed by atoms with Gasteiger partial charge in [-0.2, -0.15) is 5.10 Å². The number of aromatic hydroxyl groups is 1. The molecular weight excluding hydrogens is 378 g/mol. The number of rotatable bonds is 2. The van der Waals surface area contributed by atoms with E-state index in [1.807, 2.05) is 6.92 Å². The number of nitrogens with one attached hydrogen (secondary N) is 1. The van der Waals surface area contributed by atoms with Gasteiger partial charge < -0.3 is 10.4 Å². The summed E-state index contributed by atoms with van der Waals surface area (Å²) in [5.74, 6) is 0.314. The van der Waals surface area contributed by atoms with Crippen LogP contribution in [0.5, 0.6) is 5.75 Å². The highest BCUT2D eigenvalue weighted by Crippen LogP contribution is 2.42. The first-order chi connectivity index (χ1) is 12.2. The largest absolute Gasteiger partial charge is 0.506 e. The maximum absolute atomic E-state index is 12.3. The molecule has 7 nitrogen and oxygen atoms in total. The van der Waals surface area contributed by atoms with Gasteiger partial charge in [0, 0.05) is 17.9 Å². The number of amides is 1. The Balaban J connectivity index is 1.81. The van der Waals surface area contributed by atoms with E-state index in [1.165, 1.54) is 6.07 Å². The molecular formula is C17H18ClN3O4S. The lowest BCUT2D eigenvalue weighted by atomic mass is 9.86. The SMILES string of the molecule is Cc1nn([C@H]2CCS(=O)(=O)C2)c2c1[C@H](c1ccc(O)c(Cl)c1)CC(=O)N2. The molecule has 0 radical (unpaired) electrons. The normalized spacial score (nSPS) is 24.3. The van der Waals surface area contributed by atoms with Gasteiger partial charge in [-0.1, -0.05) is 17.7 Å². The van der Waals surface area contributed by atoms with Crippen LogP contribution in [0.25, 0.3) is 0 Å². The molecule has 2 aliphatic rings. The van der Waals surface area contributed by atoms with Crippen molar-refractivity contribution in [1.82, 2.24) is 9.78 Å². The van der Waals surface area contributed by atoms with Crippen molar-refractivity contribution in [2.45, 2.75) is 31.7 Å². The van der Waals surface area contributed by atoms with Gasteiger partial charge in [0.1, 0.15) is 11.6 Å². The number of hydrogen-bond donors (Lipinski definition) is 2. The van der Waals surface area contributed by atoms with Gasteiger partial charge in [-0.15, -0.1) is 0 Å². The summed E-state index contributed by atoms with van der Waals surface area (Å²) in [7, 11) is -3.07. The number of phenolic OH excluding ortho intramolecular Hbond substituents is 1. The van der Waals surface area contributed by atoms with E-state index in [2.05, 4.69) is 10.4 Å². The second-order valence-electron chi connectivity index (χ2n) is 6.86. The number of carbonyl (C=O) groups is 1. The number of aryl methyl sites for hydroxylation is 1. The number of benzene rings is 1. The molecule has 0 spiro atoms. The molecule has 1 amide bonds. The first-order valence-corrected chi connectivity index (χ1v) is 10.5. The molecule has 0 bridgehead atoms. The summed E-state index contributed by atoms with van der Waals surface area (Å²) in [5.41, 5.74) is 2.43. The molecule has 4 rings (SSSR count). The third-order valence-corrected chi connectivity index (χ3v) is 7.11. The molecule has 1 saturated heterocycles. The van der Waals surface area contributed by atoms with Crippen molar-refractivity contribution in [3.05, 3.63) is 40.0 Å². The minimum Gasteiger partial charge on any atom is -0.506 e. The van der Waals surface area contributed by atoms with Crippen molar-refractivity contribution in [3.8, 4) is 5.75 Å². The first-order valence-electron chi connectivity index (χ1n) is 8.33. The topological polar surface area (TPSA) is 101 Å². The van der Waals surface area contributed by atoms with E-state index >= 15 is 0 Å². The highest BCUT2D eigenvalue weighted by atomic mass is 35.5. The minimum atomic E-state index is -3.07. The lowest BCUT2D eigenvalue weighted by Gasteiger charge is -2.25. The van der Waals surface area contributed by atoms with Crippen LogP contribution in [0.1, 0.15) is 41.6 Å². The maximum Gasteiger partial charge on any atom is 0.226 e. The Morgan fingerprint density at radius 3 is 2.81 bits per heavy atom. The summed E-state index contributed by atoms with van der Waals surface area (Å²) < 4.78 is 25.3. The second kappa shape index (κ2) is 5.99. The Morgan fingerprint density at radius 2 is 2.15 bits per heavy atom. The van der Waals surface area contributed by atoms with Gasteiger partial charge in [0.2, 0.25) is 5.91 Å². The van der Waals surface area contributed by atoms with Crippen LogP contribution in [-0.4, -0.2) is 40.7 Å². The number of phenols is 1. The predicted molar refractivity (Wildman–Crippen MR) is 97.5 cm³/mol. The van der Waals surface area contributed by atoms with E-state index in [9.17, 15) is 18.3 Å². The molecule has 1 aromatic carbocycles. The van der Waals surface area contributed by atoms with Gasteiger partial charge in [-0.25, -0.2) is 13.1 Å². The summed E-state index contributed by atoms with van der Waals surface area (Å²) in [5, 5.41) is 17.3. The summed E-state index contributed by atoms with van der Waals surface area (Å²) in [4.78, 5) is 12.3. The molecule has 26 heavy (non-hydrogen) atoms. The van der Waals surface area contributed by atoms with Gasteiger partial charge in [0.15, 0.2) is 9.84 Å². The minimum absolute atomic E-state index is 0.0144. The summed E-state index contributed by atoms with van der Waals surface area (Å²) in [6, 6.07) is 4.63. The summed E-state index contributed by atoms with van der Waals surface area (Å²) in [6.07, 6.45) is 0.727. The fraction of sp³-hybridized carbons (Fsp3) is 0.412. The van der Waals surface area contributed by atoms with Crippen molar-refractivity contribution in [2.24, 2.45) is 0 Å². The van der Waals surface area contributed by atoms with Crippen molar-refractivity contribution in [2.75, 3.05) is 16.8 Å². The van der Waals surface area contributed by atoms with Crippen LogP contribution < -0.4 is 5.32 Å². The second-order valence-corrected chi connectivity index (χ2v) is 9.50.